The number of ether oxygens (including phenoxy) is 2. The Bertz CT molecular complexity index is 784. The van der Waals surface area contributed by atoms with Crippen molar-refractivity contribution in [1.29, 1.82) is 0 Å². The first-order valence-electron chi connectivity index (χ1n) is 9.23. The molecule has 0 fully saturated rings. The molecule has 1 rings (SSSR count). The molecule has 1 atom stereocenters. The number of carbonyl (C=O) groups excluding carboxylic acids is 4. The van der Waals surface area contributed by atoms with E-state index in [-0.39, 0.29) is 26.3 Å². The van der Waals surface area contributed by atoms with E-state index in [9.17, 15) is 19.2 Å². The largest absolute Gasteiger partial charge is 0.468 e. The van der Waals surface area contributed by atoms with Crippen LogP contribution in [0.5, 0.6) is 0 Å². The fourth-order valence-corrected chi connectivity index (χ4v) is 2.19. The molecule has 1 aromatic carbocycles. The van der Waals surface area contributed by atoms with Gasteiger partial charge in [-0.1, -0.05) is 31.7 Å². The van der Waals surface area contributed by atoms with Gasteiger partial charge in [-0.3, -0.25) is 14.4 Å². The molecule has 31 heavy (non-hydrogen) atoms. The van der Waals surface area contributed by atoms with E-state index in [0.29, 0.717) is 0 Å². The average molecular weight is 437 g/mol. The second-order valence-corrected chi connectivity index (χ2v) is 7.36. The summed E-state index contributed by atoms with van der Waals surface area (Å²) < 4.78 is 9.71. The maximum absolute atomic E-state index is 12.5. The molecule has 0 bridgehead atoms. The molecule has 0 aliphatic heterocycles. The van der Waals surface area contributed by atoms with Crippen molar-refractivity contribution >= 4 is 30.1 Å². The van der Waals surface area contributed by atoms with Crippen molar-refractivity contribution < 1.29 is 28.7 Å². The van der Waals surface area contributed by atoms with Gasteiger partial charge in [-0.05, 0) is 31.9 Å². The van der Waals surface area contributed by atoms with Gasteiger partial charge in [-0.25, -0.2) is 10.2 Å². The third-order valence-corrected chi connectivity index (χ3v) is 3.50. The average Bonchev–Trinajstić information content (AvgIpc) is 2.64. The van der Waals surface area contributed by atoms with Crippen LogP contribution in [0.1, 0.15) is 46.2 Å². The summed E-state index contributed by atoms with van der Waals surface area (Å²) in [5, 5.41) is 8.73. The third kappa shape index (κ3) is 12.0. The van der Waals surface area contributed by atoms with Gasteiger partial charge in [-0.2, -0.15) is 5.10 Å². The number of nitrogens with zero attached hydrogens (tertiary/aromatic N) is 1. The van der Waals surface area contributed by atoms with Crippen molar-refractivity contribution in [2.45, 2.75) is 53.2 Å². The van der Waals surface area contributed by atoms with Crippen molar-refractivity contribution in [2.24, 2.45) is 5.10 Å². The molecule has 0 aliphatic rings. The van der Waals surface area contributed by atoms with Crippen molar-refractivity contribution in [3.63, 3.8) is 0 Å². The molecule has 10 nitrogen and oxygen atoms in total. The molecule has 0 saturated heterocycles. The quantitative estimate of drug-likeness (QED) is 0.321. The molecule has 0 saturated carbocycles. The molecule has 172 valence electrons. The highest BCUT2D eigenvalue weighted by Gasteiger charge is 2.25. The minimum atomic E-state index is -0.969. The van der Waals surface area contributed by atoms with E-state index in [0.717, 1.165) is 11.1 Å². The van der Waals surface area contributed by atoms with Crippen molar-refractivity contribution in [2.75, 3.05) is 13.7 Å². The summed E-state index contributed by atoms with van der Waals surface area (Å²) in [6.45, 7) is 6.16. The summed E-state index contributed by atoms with van der Waals surface area (Å²) in [6.07, 6.45) is 0.889. The lowest BCUT2D eigenvalue weighted by Crippen LogP contribution is -2.50. The number of hydrazone groups is 1. The lowest BCUT2D eigenvalue weighted by molar-refractivity contribution is -0.141. The van der Waals surface area contributed by atoms with Crippen LogP contribution in [0.3, 0.4) is 0 Å². The van der Waals surface area contributed by atoms with Gasteiger partial charge in [0.05, 0.1) is 13.3 Å². The summed E-state index contributed by atoms with van der Waals surface area (Å²) in [4.78, 5) is 46.7. The lowest BCUT2D eigenvalue weighted by Gasteiger charge is -2.23. The minimum Gasteiger partial charge on any atom is -0.468 e. The Balaban J connectivity index is 0.00000900. The number of alkyl carbamates (subject to hydrolysis) is 1. The van der Waals surface area contributed by atoms with Gasteiger partial charge >= 0.3 is 12.1 Å². The van der Waals surface area contributed by atoms with Crippen LogP contribution in [-0.4, -0.2) is 55.4 Å². The van der Waals surface area contributed by atoms with Gasteiger partial charge in [0.2, 0.25) is 11.8 Å². The zero-order valence-electron chi connectivity index (χ0n) is 17.8. The molecular formula is C21H32N4O6. The molecule has 10 heteroatoms. The van der Waals surface area contributed by atoms with Crippen LogP contribution in [0, 0.1) is 0 Å². The smallest absolute Gasteiger partial charge is 0.408 e. The summed E-state index contributed by atoms with van der Waals surface area (Å²) in [5.74, 6) is -1.44. The van der Waals surface area contributed by atoms with E-state index in [4.69, 9.17) is 4.74 Å². The molecule has 1 unspecified atom stereocenters. The number of nitrogens with one attached hydrogen (secondary N) is 3. The molecule has 1 aromatic rings. The Morgan fingerprint density at radius 3 is 2.26 bits per heavy atom. The number of rotatable bonds is 8. The lowest BCUT2D eigenvalue weighted by atomic mass is 10.0. The van der Waals surface area contributed by atoms with Gasteiger partial charge in [0.1, 0.15) is 18.2 Å². The maximum Gasteiger partial charge on any atom is 0.408 e. The fourth-order valence-electron chi connectivity index (χ4n) is 2.19. The van der Waals surface area contributed by atoms with E-state index in [1.807, 2.05) is 0 Å². The number of amides is 3. The van der Waals surface area contributed by atoms with Gasteiger partial charge in [0.15, 0.2) is 0 Å². The highest BCUT2D eigenvalue weighted by atomic mass is 16.6. The van der Waals surface area contributed by atoms with Gasteiger partial charge in [0.25, 0.3) is 0 Å². The van der Waals surface area contributed by atoms with Crippen LogP contribution >= 0.6 is 0 Å². The molecule has 3 N–H and O–H groups in total. The molecule has 0 aliphatic carbocycles. The summed E-state index contributed by atoms with van der Waals surface area (Å²) in [6, 6.07) is 6.04. The van der Waals surface area contributed by atoms with Gasteiger partial charge < -0.3 is 20.1 Å². The second-order valence-electron chi connectivity index (χ2n) is 7.36. The Labute approximate surface area is 182 Å². The summed E-state index contributed by atoms with van der Waals surface area (Å²) >= 11 is 0. The first kappa shape index (κ1) is 27.6. The zero-order chi connectivity index (χ0) is 22.7. The molecular weight excluding hydrogens is 404 g/mol. The van der Waals surface area contributed by atoms with Crippen molar-refractivity contribution in [1.82, 2.24) is 16.1 Å². The van der Waals surface area contributed by atoms with Crippen LogP contribution in [0.2, 0.25) is 0 Å². The van der Waals surface area contributed by atoms with Gasteiger partial charge in [0, 0.05) is 13.3 Å². The van der Waals surface area contributed by atoms with Crippen molar-refractivity contribution in [3.05, 3.63) is 35.4 Å². The molecule has 0 spiro atoms. The van der Waals surface area contributed by atoms with E-state index in [2.05, 4.69) is 25.9 Å². The van der Waals surface area contributed by atoms with Gasteiger partial charge in [-0.15, -0.1) is 0 Å². The number of benzene rings is 1. The van der Waals surface area contributed by atoms with E-state index in [1.165, 1.54) is 20.2 Å². The maximum atomic E-state index is 12.5. The Hall–Kier alpha value is -3.43. The highest BCUT2D eigenvalue weighted by Crippen LogP contribution is 2.09. The predicted octanol–water partition coefficient (Wildman–Crippen LogP) is 1.52. The molecule has 0 aromatic heterocycles. The number of carbonyl (C=O) groups is 4. The first-order chi connectivity index (χ1) is 14.0. The fraction of sp³-hybridized carbons (Fsp3) is 0.476. The highest BCUT2D eigenvalue weighted by molar-refractivity contribution is 5.88. The molecule has 3 amide bonds. The van der Waals surface area contributed by atoms with Crippen molar-refractivity contribution in [3.8, 4) is 0 Å². The van der Waals surface area contributed by atoms with Crippen LogP contribution in [0.4, 0.5) is 4.79 Å². The number of hydrogen-bond donors (Lipinski definition) is 3. The SMILES string of the molecule is C.COC(=O)CNC(=O)C(Cc1ccc(/C=N/NC(C)=O)cc1)NC(=O)OC(C)(C)C. The van der Waals surface area contributed by atoms with Crippen LogP contribution in [0.25, 0.3) is 0 Å². The second kappa shape index (κ2) is 13.0. The number of methoxy groups -OCH3 is 1. The normalized spacial score (nSPS) is 11.6. The summed E-state index contributed by atoms with van der Waals surface area (Å²) in [5.41, 5.74) is 3.06. The topological polar surface area (TPSA) is 135 Å². The van der Waals surface area contributed by atoms with E-state index in [1.54, 1.807) is 45.0 Å². The Morgan fingerprint density at radius 2 is 1.74 bits per heavy atom. The minimum absolute atomic E-state index is 0. The monoisotopic (exact) mass is 436 g/mol. The molecule has 0 radical (unpaired) electrons. The van der Waals surface area contributed by atoms with Crippen LogP contribution in [-0.2, 0) is 30.3 Å². The Morgan fingerprint density at radius 1 is 1.13 bits per heavy atom. The van der Waals surface area contributed by atoms with Crippen LogP contribution < -0.4 is 16.1 Å². The Kier molecular flexibility index (Phi) is 11.6. The van der Waals surface area contributed by atoms with Crippen LogP contribution in [0.15, 0.2) is 29.4 Å². The van der Waals surface area contributed by atoms with E-state index >= 15 is 0 Å². The zero-order valence-corrected chi connectivity index (χ0v) is 17.8. The number of esters is 1. The number of hydrogen-bond acceptors (Lipinski definition) is 7. The standard InChI is InChI=1S/C20H28N4O6.CH4/c1-13(25)24-22-11-15-8-6-14(7-9-15)10-16(18(27)21-12-17(26)29-5)23-19(28)30-20(2,3)4;/h6-9,11,16H,10,12H2,1-5H3,(H,21,27)(H,23,28)(H,24,25);1H4/b22-11+;. The van der Waals surface area contributed by atoms with E-state index < -0.39 is 29.6 Å². The summed E-state index contributed by atoms with van der Waals surface area (Å²) in [7, 11) is 1.21. The third-order valence-electron chi connectivity index (χ3n) is 3.50. The first-order valence-corrected chi connectivity index (χ1v) is 9.23. The molecule has 0 heterocycles. The predicted molar refractivity (Wildman–Crippen MR) is 116 cm³/mol.